The summed E-state index contributed by atoms with van der Waals surface area (Å²) < 4.78 is 26.7. The lowest BCUT2D eigenvalue weighted by Gasteiger charge is -2.09. The quantitative estimate of drug-likeness (QED) is 0.618. The number of carbonyl (C=O) groups excluding carboxylic acids is 1. The first kappa shape index (κ1) is 14.0. The molecule has 2 aromatic rings. The molecule has 0 fully saturated rings. The van der Waals surface area contributed by atoms with E-state index in [2.05, 4.69) is 33.9 Å². The molecule has 0 bridgehead atoms. The zero-order valence-corrected chi connectivity index (χ0v) is 11.9. The maximum atomic E-state index is 13.5. The fourth-order valence-corrected chi connectivity index (χ4v) is 2.08. The van der Waals surface area contributed by atoms with Crippen LogP contribution in [0.1, 0.15) is 10.4 Å². The molecular formula is C13H8BrF2NOS. The van der Waals surface area contributed by atoms with Crippen molar-refractivity contribution in [2.45, 2.75) is 4.90 Å². The highest BCUT2D eigenvalue weighted by Gasteiger charge is 2.13. The van der Waals surface area contributed by atoms with Gasteiger partial charge in [0, 0.05) is 11.0 Å². The highest BCUT2D eigenvalue weighted by Crippen LogP contribution is 2.24. The molecule has 2 rings (SSSR count). The summed E-state index contributed by atoms with van der Waals surface area (Å²) in [7, 11) is 0. The van der Waals surface area contributed by atoms with Crippen molar-refractivity contribution in [1.82, 2.24) is 0 Å². The summed E-state index contributed by atoms with van der Waals surface area (Å²) in [4.78, 5) is 12.4. The maximum Gasteiger partial charge on any atom is 0.256 e. The molecule has 0 aromatic heterocycles. The third kappa shape index (κ3) is 3.13. The Labute approximate surface area is 122 Å². The Balaban J connectivity index is 2.30. The van der Waals surface area contributed by atoms with Crippen molar-refractivity contribution in [3.05, 3.63) is 58.1 Å². The highest BCUT2D eigenvalue weighted by atomic mass is 79.9. The highest BCUT2D eigenvalue weighted by molar-refractivity contribution is 9.10. The summed E-state index contributed by atoms with van der Waals surface area (Å²) in [5.74, 6) is -2.08. The molecule has 0 aliphatic rings. The molecule has 0 aliphatic heterocycles. The van der Waals surface area contributed by atoms with Gasteiger partial charge in [0.2, 0.25) is 0 Å². The number of nitrogens with one attached hydrogen (secondary N) is 1. The standard InChI is InChI=1S/C13H8BrF2NOS/c14-8-5-11(10(16)6-9(8)15)17-13(18)7-3-1-2-4-12(7)19/h1-6,19H,(H,17,18). The predicted octanol–water partition coefficient (Wildman–Crippen LogP) is 4.27. The molecule has 0 radical (unpaired) electrons. The van der Waals surface area contributed by atoms with E-state index < -0.39 is 17.5 Å². The van der Waals surface area contributed by atoms with Crippen molar-refractivity contribution in [1.29, 1.82) is 0 Å². The van der Waals surface area contributed by atoms with Crippen LogP contribution in [-0.2, 0) is 0 Å². The number of hydrogen-bond acceptors (Lipinski definition) is 2. The third-order valence-corrected chi connectivity index (χ3v) is 3.40. The summed E-state index contributed by atoms with van der Waals surface area (Å²) in [5.41, 5.74) is 0.209. The van der Waals surface area contributed by atoms with Gasteiger partial charge in [0.1, 0.15) is 11.6 Å². The van der Waals surface area contributed by atoms with Crippen molar-refractivity contribution < 1.29 is 13.6 Å². The second-order valence-corrected chi connectivity index (χ2v) is 5.05. The van der Waals surface area contributed by atoms with Crippen LogP contribution in [-0.4, -0.2) is 5.91 Å². The largest absolute Gasteiger partial charge is 0.319 e. The Bertz CT molecular complexity index is 649. The molecule has 2 aromatic carbocycles. The van der Waals surface area contributed by atoms with Gasteiger partial charge in [-0.1, -0.05) is 12.1 Å². The van der Waals surface area contributed by atoms with Gasteiger partial charge < -0.3 is 5.32 Å². The van der Waals surface area contributed by atoms with Crippen LogP contribution in [0.4, 0.5) is 14.5 Å². The summed E-state index contributed by atoms with van der Waals surface area (Å²) >= 11 is 7.08. The maximum absolute atomic E-state index is 13.5. The zero-order valence-electron chi connectivity index (χ0n) is 9.45. The Morgan fingerprint density at radius 3 is 2.53 bits per heavy atom. The van der Waals surface area contributed by atoms with Crippen LogP contribution in [0.3, 0.4) is 0 Å². The first-order chi connectivity index (χ1) is 8.99. The molecule has 98 valence electrons. The van der Waals surface area contributed by atoms with Gasteiger partial charge in [-0.3, -0.25) is 4.79 Å². The molecule has 2 nitrogen and oxygen atoms in total. The van der Waals surface area contributed by atoms with E-state index in [9.17, 15) is 13.6 Å². The Hall–Kier alpha value is -1.40. The predicted molar refractivity (Wildman–Crippen MR) is 75.7 cm³/mol. The first-order valence-corrected chi connectivity index (χ1v) is 6.47. The van der Waals surface area contributed by atoms with Gasteiger partial charge in [-0.2, -0.15) is 0 Å². The fourth-order valence-electron chi connectivity index (χ4n) is 1.47. The van der Waals surface area contributed by atoms with Crippen molar-refractivity contribution in [2.75, 3.05) is 5.32 Å². The molecule has 6 heteroatoms. The second-order valence-electron chi connectivity index (χ2n) is 3.72. The number of rotatable bonds is 2. The second kappa shape index (κ2) is 5.71. The number of halogens is 3. The molecule has 19 heavy (non-hydrogen) atoms. The van der Waals surface area contributed by atoms with E-state index in [1.165, 1.54) is 6.07 Å². The number of carbonyl (C=O) groups is 1. The van der Waals surface area contributed by atoms with Crippen LogP contribution in [0.2, 0.25) is 0 Å². The van der Waals surface area contributed by atoms with Gasteiger partial charge in [-0.25, -0.2) is 8.78 Å². The molecule has 0 saturated carbocycles. The molecule has 0 spiro atoms. The van der Waals surface area contributed by atoms with E-state index in [0.717, 1.165) is 0 Å². The number of benzene rings is 2. The average molecular weight is 344 g/mol. The van der Waals surface area contributed by atoms with Gasteiger partial charge in [0.25, 0.3) is 5.91 Å². The Kier molecular flexibility index (Phi) is 4.21. The van der Waals surface area contributed by atoms with Crippen molar-refractivity contribution >= 4 is 40.2 Å². The Morgan fingerprint density at radius 1 is 1.16 bits per heavy atom. The lowest BCUT2D eigenvalue weighted by atomic mass is 10.2. The minimum atomic E-state index is -0.842. The third-order valence-electron chi connectivity index (χ3n) is 2.41. The van der Waals surface area contributed by atoms with E-state index in [4.69, 9.17) is 0 Å². The van der Waals surface area contributed by atoms with Crippen LogP contribution in [0.5, 0.6) is 0 Å². The van der Waals surface area contributed by atoms with Gasteiger partial charge in [0.15, 0.2) is 0 Å². The molecule has 0 aliphatic carbocycles. The van der Waals surface area contributed by atoms with Gasteiger partial charge in [-0.05, 0) is 34.1 Å². The summed E-state index contributed by atoms with van der Waals surface area (Å²) in [5, 5.41) is 2.38. The van der Waals surface area contributed by atoms with Crippen LogP contribution in [0.25, 0.3) is 0 Å². The van der Waals surface area contributed by atoms with Crippen molar-refractivity contribution in [3.8, 4) is 0 Å². The number of amides is 1. The van der Waals surface area contributed by atoms with E-state index in [0.29, 0.717) is 16.5 Å². The molecule has 0 unspecified atom stereocenters. The summed E-state index contributed by atoms with van der Waals surface area (Å²) in [6.45, 7) is 0. The van der Waals surface area contributed by atoms with Crippen LogP contribution in [0, 0.1) is 11.6 Å². The van der Waals surface area contributed by atoms with Gasteiger partial charge >= 0.3 is 0 Å². The molecule has 1 amide bonds. The molecule has 0 saturated heterocycles. The molecule has 0 atom stereocenters. The van der Waals surface area contributed by atoms with Crippen molar-refractivity contribution in [3.63, 3.8) is 0 Å². The zero-order chi connectivity index (χ0) is 14.0. The van der Waals surface area contributed by atoms with E-state index in [1.807, 2.05) is 0 Å². The monoisotopic (exact) mass is 343 g/mol. The molecule has 1 N–H and O–H groups in total. The van der Waals surface area contributed by atoms with Crippen LogP contribution in [0.15, 0.2) is 45.8 Å². The van der Waals surface area contributed by atoms with Crippen LogP contribution >= 0.6 is 28.6 Å². The minimum absolute atomic E-state index is 0.0726. The molecular weight excluding hydrogens is 336 g/mol. The summed E-state index contributed by atoms with van der Waals surface area (Å²) in [6, 6.07) is 8.48. The fraction of sp³-hybridized carbons (Fsp3) is 0. The van der Waals surface area contributed by atoms with Crippen molar-refractivity contribution in [2.24, 2.45) is 0 Å². The number of anilines is 1. The number of hydrogen-bond donors (Lipinski definition) is 2. The van der Waals surface area contributed by atoms with E-state index in [1.54, 1.807) is 24.3 Å². The average Bonchev–Trinajstić information content (AvgIpc) is 2.36. The topological polar surface area (TPSA) is 29.1 Å². The summed E-state index contributed by atoms with van der Waals surface area (Å²) in [6.07, 6.45) is 0. The van der Waals surface area contributed by atoms with E-state index >= 15 is 0 Å². The van der Waals surface area contributed by atoms with Gasteiger partial charge in [-0.15, -0.1) is 12.6 Å². The lowest BCUT2D eigenvalue weighted by molar-refractivity contribution is 0.102. The normalized spacial score (nSPS) is 10.3. The minimum Gasteiger partial charge on any atom is -0.319 e. The van der Waals surface area contributed by atoms with Gasteiger partial charge in [0.05, 0.1) is 15.7 Å². The van der Waals surface area contributed by atoms with E-state index in [-0.39, 0.29) is 10.2 Å². The number of thiol groups is 1. The first-order valence-electron chi connectivity index (χ1n) is 5.23. The SMILES string of the molecule is O=C(Nc1cc(Br)c(F)cc1F)c1ccccc1S. The van der Waals surface area contributed by atoms with Crippen LogP contribution < -0.4 is 5.32 Å². The lowest BCUT2D eigenvalue weighted by Crippen LogP contribution is -2.13. The Morgan fingerprint density at radius 2 is 1.84 bits per heavy atom. The molecule has 0 heterocycles. The smallest absolute Gasteiger partial charge is 0.256 e.